The van der Waals surface area contributed by atoms with Crippen LogP contribution in [0, 0.1) is 5.41 Å². The molecule has 0 aromatic carbocycles. The molecule has 120 valence electrons. The lowest BCUT2D eigenvalue weighted by Crippen LogP contribution is -2.33. The highest BCUT2D eigenvalue weighted by molar-refractivity contribution is 7.14. The summed E-state index contributed by atoms with van der Waals surface area (Å²) in [6.07, 6.45) is 4.85. The van der Waals surface area contributed by atoms with Crippen LogP contribution in [0.3, 0.4) is 0 Å². The zero-order valence-corrected chi connectivity index (χ0v) is 14.6. The smallest absolute Gasteiger partial charge is 0.261 e. The van der Waals surface area contributed by atoms with E-state index in [-0.39, 0.29) is 17.9 Å². The third-order valence-electron chi connectivity index (χ3n) is 3.72. The van der Waals surface area contributed by atoms with Gasteiger partial charge in [-0.1, -0.05) is 34.1 Å². The van der Waals surface area contributed by atoms with Crippen molar-refractivity contribution in [3.8, 4) is 0 Å². The highest BCUT2D eigenvalue weighted by atomic mass is 32.1. The molecule has 3 nitrogen and oxygen atoms in total. The van der Waals surface area contributed by atoms with Crippen molar-refractivity contribution in [1.82, 2.24) is 5.32 Å². The maximum atomic E-state index is 12.3. The van der Waals surface area contributed by atoms with E-state index < -0.39 is 0 Å². The molecule has 0 fully saturated rings. The van der Waals surface area contributed by atoms with Crippen LogP contribution in [0.15, 0.2) is 6.07 Å². The molecule has 21 heavy (non-hydrogen) atoms. The van der Waals surface area contributed by atoms with Gasteiger partial charge >= 0.3 is 0 Å². The van der Waals surface area contributed by atoms with E-state index in [1.165, 1.54) is 10.4 Å². The van der Waals surface area contributed by atoms with Gasteiger partial charge in [-0.2, -0.15) is 0 Å². The van der Waals surface area contributed by atoms with Crippen molar-refractivity contribution < 1.29 is 9.90 Å². The number of thiophene rings is 1. The highest BCUT2D eigenvalue weighted by Gasteiger charge is 2.20. The third kappa shape index (κ3) is 5.79. The number of aliphatic hydroxyl groups is 1. The number of amides is 1. The summed E-state index contributed by atoms with van der Waals surface area (Å²) < 4.78 is 0. The van der Waals surface area contributed by atoms with E-state index in [2.05, 4.69) is 33.0 Å². The van der Waals surface area contributed by atoms with Crippen LogP contribution < -0.4 is 5.32 Å². The molecule has 0 spiro atoms. The Kier molecular flexibility index (Phi) is 7.40. The molecule has 0 aliphatic rings. The Morgan fingerprint density at radius 3 is 2.67 bits per heavy atom. The van der Waals surface area contributed by atoms with Crippen LogP contribution in [-0.2, 0) is 12.8 Å². The van der Waals surface area contributed by atoms with Crippen LogP contribution in [0.2, 0.25) is 0 Å². The largest absolute Gasteiger partial charge is 0.396 e. The molecule has 2 N–H and O–H groups in total. The van der Waals surface area contributed by atoms with Gasteiger partial charge in [-0.05, 0) is 42.7 Å². The number of hydrogen-bond acceptors (Lipinski definition) is 3. The molecule has 0 radical (unpaired) electrons. The average molecular weight is 311 g/mol. The molecule has 4 heteroatoms. The molecular weight excluding hydrogens is 282 g/mol. The fourth-order valence-electron chi connectivity index (χ4n) is 2.37. The Balaban J connectivity index is 2.63. The van der Waals surface area contributed by atoms with Gasteiger partial charge in [-0.15, -0.1) is 11.3 Å². The topological polar surface area (TPSA) is 49.3 Å². The Morgan fingerprint density at radius 1 is 1.38 bits per heavy atom. The maximum absolute atomic E-state index is 12.3. The number of aryl methyl sites for hydroxylation is 2. The minimum Gasteiger partial charge on any atom is -0.396 e. The first-order valence-corrected chi connectivity index (χ1v) is 8.75. The van der Waals surface area contributed by atoms with Crippen LogP contribution in [-0.4, -0.2) is 24.2 Å². The number of aliphatic hydroxyl groups excluding tert-OH is 1. The van der Waals surface area contributed by atoms with Gasteiger partial charge in [-0.25, -0.2) is 0 Å². The van der Waals surface area contributed by atoms with Crippen LogP contribution in [0.1, 0.15) is 67.1 Å². The van der Waals surface area contributed by atoms with E-state index in [1.807, 2.05) is 6.07 Å². The molecule has 0 saturated carbocycles. The van der Waals surface area contributed by atoms with Crippen molar-refractivity contribution >= 4 is 17.2 Å². The number of hydrogen-bond donors (Lipinski definition) is 2. The van der Waals surface area contributed by atoms with Gasteiger partial charge in [-0.3, -0.25) is 4.79 Å². The molecule has 0 aliphatic carbocycles. The number of carbonyl (C=O) groups is 1. The van der Waals surface area contributed by atoms with Crippen LogP contribution in [0.25, 0.3) is 0 Å². The van der Waals surface area contributed by atoms with Crippen molar-refractivity contribution in [2.24, 2.45) is 5.41 Å². The molecule has 1 amide bonds. The van der Waals surface area contributed by atoms with Crippen molar-refractivity contribution in [3.05, 3.63) is 21.4 Å². The molecule has 1 aromatic rings. The fourth-order valence-corrected chi connectivity index (χ4v) is 3.64. The monoisotopic (exact) mass is 311 g/mol. The SMILES string of the molecule is CCCc1sc(C(=O)NCC(C)(C)CCCO)cc1CC. The first kappa shape index (κ1) is 18.2. The zero-order valence-electron chi connectivity index (χ0n) is 13.8. The predicted octanol–water partition coefficient (Wildman–Crippen LogP) is 3.79. The second kappa shape index (κ2) is 8.54. The minimum atomic E-state index is 0.0233. The Bertz CT molecular complexity index is 452. The first-order chi connectivity index (χ1) is 9.93. The van der Waals surface area contributed by atoms with Crippen LogP contribution in [0.5, 0.6) is 0 Å². The molecule has 0 bridgehead atoms. The van der Waals surface area contributed by atoms with Gasteiger partial charge < -0.3 is 10.4 Å². The molecule has 1 rings (SSSR count). The van der Waals surface area contributed by atoms with Gasteiger partial charge in [0.25, 0.3) is 5.91 Å². The van der Waals surface area contributed by atoms with Gasteiger partial charge in [0, 0.05) is 18.0 Å². The lowest BCUT2D eigenvalue weighted by Gasteiger charge is -2.24. The lowest BCUT2D eigenvalue weighted by atomic mass is 9.88. The highest BCUT2D eigenvalue weighted by Crippen LogP contribution is 2.25. The van der Waals surface area contributed by atoms with E-state index in [1.54, 1.807) is 11.3 Å². The molecule has 0 saturated heterocycles. The summed E-state index contributed by atoms with van der Waals surface area (Å²) in [4.78, 5) is 14.5. The quantitative estimate of drug-likeness (QED) is 0.729. The zero-order chi connectivity index (χ0) is 15.9. The van der Waals surface area contributed by atoms with Gasteiger partial charge in [0.05, 0.1) is 4.88 Å². The first-order valence-electron chi connectivity index (χ1n) is 7.94. The Morgan fingerprint density at radius 2 is 2.10 bits per heavy atom. The molecule has 1 heterocycles. The second-order valence-corrected chi connectivity index (χ2v) is 7.47. The summed E-state index contributed by atoms with van der Waals surface area (Å²) in [5.41, 5.74) is 1.33. The van der Waals surface area contributed by atoms with Crippen LogP contribution in [0.4, 0.5) is 0 Å². The fraction of sp³-hybridized carbons (Fsp3) is 0.706. The molecule has 0 unspecified atom stereocenters. The van der Waals surface area contributed by atoms with E-state index in [9.17, 15) is 4.79 Å². The number of rotatable bonds is 9. The standard InChI is InChI=1S/C17H29NO2S/c1-5-8-14-13(6-2)11-15(21-14)16(20)18-12-17(3,4)9-7-10-19/h11,19H,5-10,12H2,1-4H3,(H,18,20). The van der Waals surface area contributed by atoms with Crippen molar-refractivity contribution in [2.75, 3.05) is 13.2 Å². The van der Waals surface area contributed by atoms with Crippen molar-refractivity contribution in [3.63, 3.8) is 0 Å². The summed E-state index contributed by atoms with van der Waals surface area (Å²) in [6, 6.07) is 2.05. The Hall–Kier alpha value is -0.870. The second-order valence-electron chi connectivity index (χ2n) is 6.34. The van der Waals surface area contributed by atoms with Gasteiger partial charge in [0.1, 0.15) is 0 Å². The molecule has 0 atom stereocenters. The Labute approximate surface area is 132 Å². The molecular formula is C17H29NO2S. The lowest BCUT2D eigenvalue weighted by molar-refractivity contribution is 0.0937. The van der Waals surface area contributed by atoms with Gasteiger partial charge in [0.2, 0.25) is 0 Å². The van der Waals surface area contributed by atoms with E-state index in [4.69, 9.17) is 5.11 Å². The number of carbonyl (C=O) groups excluding carboxylic acids is 1. The summed E-state index contributed by atoms with van der Waals surface area (Å²) in [5, 5.41) is 12.0. The maximum Gasteiger partial charge on any atom is 0.261 e. The van der Waals surface area contributed by atoms with Crippen molar-refractivity contribution in [1.29, 1.82) is 0 Å². The van der Waals surface area contributed by atoms with Crippen LogP contribution >= 0.6 is 11.3 Å². The minimum absolute atomic E-state index is 0.0233. The van der Waals surface area contributed by atoms with Gasteiger partial charge in [0.15, 0.2) is 0 Å². The summed E-state index contributed by atoms with van der Waals surface area (Å²) in [5.74, 6) is 0.0362. The van der Waals surface area contributed by atoms with E-state index >= 15 is 0 Å². The number of nitrogens with one attached hydrogen (secondary N) is 1. The summed E-state index contributed by atoms with van der Waals surface area (Å²) in [6.45, 7) is 9.41. The third-order valence-corrected chi connectivity index (χ3v) is 4.95. The van der Waals surface area contributed by atoms with Crippen molar-refractivity contribution in [2.45, 2.75) is 59.8 Å². The predicted molar refractivity (Wildman–Crippen MR) is 90.1 cm³/mol. The summed E-state index contributed by atoms with van der Waals surface area (Å²) in [7, 11) is 0. The molecule has 1 aromatic heterocycles. The average Bonchev–Trinajstić information content (AvgIpc) is 2.86. The molecule has 0 aliphatic heterocycles. The van der Waals surface area contributed by atoms with E-state index in [0.717, 1.165) is 37.0 Å². The van der Waals surface area contributed by atoms with E-state index in [0.29, 0.717) is 6.54 Å². The normalized spacial score (nSPS) is 11.7. The summed E-state index contributed by atoms with van der Waals surface area (Å²) >= 11 is 1.63.